The minimum absolute atomic E-state index is 0.751. The van der Waals surface area contributed by atoms with E-state index in [9.17, 15) is 0 Å². The van der Waals surface area contributed by atoms with Crippen LogP contribution in [0.3, 0.4) is 0 Å². The van der Waals surface area contributed by atoms with Crippen molar-refractivity contribution in [3.05, 3.63) is 0 Å². The van der Waals surface area contributed by atoms with Crippen LogP contribution in [0.5, 0.6) is 0 Å². The van der Waals surface area contributed by atoms with Gasteiger partial charge in [-0.3, -0.25) is 0 Å². The molecule has 0 aromatic rings. The van der Waals surface area contributed by atoms with Gasteiger partial charge in [0.25, 0.3) is 0 Å². The van der Waals surface area contributed by atoms with Crippen molar-refractivity contribution in [3.63, 3.8) is 0 Å². The first kappa shape index (κ1) is 13.0. The van der Waals surface area contributed by atoms with Crippen LogP contribution < -0.4 is 5.32 Å². The molecule has 0 saturated heterocycles. The van der Waals surface area contributed by atoms with Crippen molar-refractivity contribution in [3.8, 4) is 0 Å². The van der Waals surface area contributed by atoms with Gasteiger partial charge in [-0.15, -0.1) is 0 Å². The third kappa shape index (κ3) is 4.14. The molecule has 2 atom stereocenters. The normalized spacial score (nSPS) is 27.6. The van der Waals surface area contributed by atoms with E-state index in [1.165, 1.54) is 38.5 Å². The van der Waals surface area contributed by atoms with Crippen LogP contribution in [0, 0.1) is 11.8 Å². The molecule has 0 amide bonds. The molecule has 0 radical (unpaired) electrons. The first-order valence-corrected chi connectivity index (χ1v) is 6.93. The van der Waals surface area contributed by atoms with Gasteiger partial charge in [-0.1, -0.05) is 40.5 Å². The number of hydrogen-bond donors (Lipinski definition) is 1. The number of rotatable bonds is 5. The van der Waals surface area contributed by atoms with E-state index < -0.39 is 0 Å². The van der Waals surface area contributed by atoms with E-state index in [1.807, 2.05) is 0 Å². The Bertz CT molecular complexity index is 159. The molecule has 90 valence electrons. The minimum Gasteiger partial charge on any atom is -0.311 e. The van der Waals surface area contributed by atoms with E-state index in [4.69, 9.17) is 0 Å². The Balaban J connectivity index is 2.35. The SMILES string of the molecule is CCC(CC)NC1CCCC(C(C)C)C1. The highest BCUT2D eigenvalue weighted by molar-refractivity contribution is 4.81. The lowest BCUT2D eigenvalue weighted by molar-refractivity contribution is 0.218. The Morgan fingerprint density at radius 2 is 1.80 bits per heavy atom. The minimum atomic E-state index is 0.751. The number of nitrogens with one attached hydrogen (secondary N) is 1. The predicted octanol–water partition coefficient (Wildman–Crippen LogP) is 3.98. The summed E-state index contributed by atoms with van der Waals surface area (Å²) >= 11 is 0. The van der Waals surface area contributed by atoms with Crippen molar-refractivity contribution in [1.82, 2.24) is 5.32 Å². The Morgan fingerprint density at radius 1 is 1.13 bits per heavy atom. The molecule has 0 aromatic heterocycles. The van der Waals surface area contributed by atoms with Crippen LogP contribution in [0.15, 0.2) is 0 Å². The van der Waals surface area contributed by atoms with Gasteiger partial charge < -0.3 is 5.32 Å². The Hall–Kier alpha value is -0.0400. The van der Waals surface area contributed by atoms with Gasteiger partial charge in [0, 0.05) is 12.1 Å². The maximum absolute atomic E-state index is 3.84. The fourth-order valence-corrected chi connectivity index (χ4v) is 2.84. The molecule has 1 aliphatic rings. The molecule has 0 heterocycles. The molecule has 1 aliphatic carbocycles. The zero-order valence-corrected chi connectivity index (χ0v) is 11.1. The lowest BCUT2D eigenvalue weighted by Crippen LogP contribution is -2.41. The summed E-state index contributed by atoms with van der Waals surface area (Å²) < 4.78 is 0. The van der Waals surface area contributed by atoms with Crippen LogP contribution in [0.25, 0.3) is 0 Å². The highest BCUT2D eigenvalue weighted by Crippen LogP contribution is 2.30. The van der Waals surface area contributed by atoms with Crippen molar-refractivity contribution < 1.29 is 0 Å². The summed E-state index contributed by atoms with van der Waals surface area (Å²) in [5, 5.41) is 3.84. The second-order valence-corrected chi connectivity index (χ2v) is 5.55. The Kier molecular flexibility index (Phi) is 5.66. The van der Waals surface area contributed by atoms with Crippen LogP contribution >= 0.6 is 0 Å². The van der Waals surface area contributed by atoms with E-state index in [1.54, 1.807) is 0 Å². The van der Waals surface area contributed by atoms with Gasteiger partial charge in [0.15, 0.2) is 0 Å². The summed E-state index contributed by atoms with van der Waals surface area (Å²) in [6, 6.07) is 1.55. The van der Waals surface area contributed by atoms with Gasteiger partial charge in [0.1, 0.15) is 0 Å². The quantitative estimate of drug-likeness (QED) is 0.725. The van der Waals surface area contributed by atoms with Crippen molar-refractivity contribution >= 4 is 0 Å². The highest BCUT2D eigenvalue weighted by Gasteiger charge is 2.24. The maximum atomic E-state index is 3.84. The molecule has 1 nitrogen and oxygen atoms in total. The summed E-state index contributed by atoms with van der Waals surface area (Å²) in [4.78, 5) is 0. The zero-order valence-electron chi connectivity index (χ0n) is 11.1. The summed E-state index contributed by atoms with van der Waals surface area (Å²) in [5.41, 5.74) is 0. The lowest BCUT2D eigenvalue weighted by Gasteiger charge is -2.34. The first-order valence-electron chi connectivity index (χ1n) is 6.93. The molecule has 1 fully saturated rings. The van der Waals surface area contributed by atoms with E-state index >= 15 is 0 Å². The molecule has 1 saturated carbocycles. The fourth-order valence-electron chi connectivity index (χ4n) is 2.84. The molecule has 0 spiro atoms. The van der Waals surface area contributed by atoms with Gasteiger partial charge in [-0.25, -0.2) is 0 Å². The highest BCUT2D eigenvalue weighted by atomic mass is 14.9. The van der Waals surface area contributed by atoms with E-state index in [0.29, 0.717) is 0 Å². The molecule has 0 bridgehead atoms. The van der Waals surface area contributed by atoms with Crippen molar-refractivity contribution in [2.45, 2.75) is 78.3 Å². The zero-order chi connectivity index (χ0) is 11.3. The summed E-state index contributed by atoms with van der Waals surface area (Å²) in [6.45, 7) is 9.35. The molecular weight excluding hydrogens is 182 g/mol. The standard InChI is InChI=1S/C14H29N/c1-5-13(6-2)15-14-9-7-8-12(10-14)11(3)4/h11-15H,5-10H2,1-4H3. The number of hydrogen-bond acceptors (Lipinski definition) is 1. The molecule has 1 N–H and O–H groups in total. The van der Waals surface area contributed by atoms with Crippen LogP contribution in [0.1, 0.15) is 66.2 Å². The molecule has 15 heavy (non-hydrogen) atoms. The largest absolute Gasteiger partial charge is 0.311 e. The van der Waals surface area contributed by atoms with E-state index in [2.05, 4.69) is 33.0 Å². The van der Waals surface area contributed by atoms with Gasteiger partial charge in [0.2, 0.25) is 0 Å². The molecule has 1 rings (SSSR count). The van der Waals surface area contributed by atoms with Crippen molar-refractivity contribution in [2.24, 2.45) is 11.8 Å². The summed E-state index contributed by atoms with van der Waals surface area (Å²) in [6.07, 6.45) is 8.26. The van der Waals surface area contributed by atoms with E-state index in [0.717, 1.165) is 23.9 Å². The molecule has 1 heteroatoms. The van der Waals surface area contributed by atoms with Crippen LogP contribution in [0.2, 0.25) is 0 Å². The Labute approximate surface area is 96.0 Å². The third-order valence-electron chi connectivity index (χ3n) is 4.11. The first-order chi connectivity index (χ1) is 7.17. The second-order valence-electron chi connectivity index (χ2n) is 5.55. The smallest absolute Gasteiger partial charge is 0.00723 e. The topological polar surface area (TPSA) is 12.0 Å². The van der Waals surface area contributed by atoms with Gasteiger partial charge in [0.05, 0.1) is 0 Å². The van der Waals surface area contributed by atoms with Crippen molar-refractivity contribution in [1.29, 1.82) is 0 Å². The van der Waals surface area contributed by atoms with Gasteiger partial charge in [-0.2, -0.15) is 0 Å². The van der Waals surface area contributed by atoms with Gasteiger partial charge in [-0.05, 0) is 37.5 Å². The summed E-state index contributed by atoms with van der Waals surface area (Å²) in [5.74, 6) is 1.84. The van der Waals surface area contributed by atoms with Crippen molar-refractivity contribution in [2.75, 3.05) is 0 Å². The fraction of sp³-hybridized carbons (Fsp3) is 1.00. The molecular formula is C14H29N. The maximum Gasteiger partial charge on any atom is 0.00723 e. The molecule has 2 unspecified atom stereocenters. The van der Waals surface area contributed by atoms with Crippen LogP contribution in [-0.2, 0) is 0 Å². The predicted molar refractivity (Wildman–Crippen MR) is 68.1 cm³/mol. The van der Waals surface area contributed by atoms with E-state index in [-0.39, 0.29) is 0 Å². The summed E-state index contributed by atoms with van der Waals surface area (Å²) in [7, 11) is 0. The van der Waals surface area contributed by atoms with Crippen LogP contribution in [0.4, 0.5) is 0 Å². The second kappa shape index (κ2) is 6.52. The average molecular weight is 211 g/mol. The molecule has 0 aromatic carbocycles. The van der Waals surface area contributed by atoms with Crippen LogP contribution in [-0.4, -0.2) is 12.1 Å². The average Bonchev–Trinajstić information content (AvgIpc) is 2.26. The third-order valence-corrected chi connectivity index (χ3v) is 4.11. The Morgan fingerprint density at radius 3 is 2.33 bits per heavy atom. The molecule has 0 aliphatic heterocycles. The van der Waals surface area contributed by atoms with Gasteiger partial charge >= 0.3 is 0 Å². The monoisotopic (exact) mass is 211 g/mol. The lowest BCUT2D eigenvalue weighted by atomic mass is 9.79.